The van der Waals surface area contributed by atoms with Crippen molar-refractivity contribution in [3.05, 3.63) is 34.3 Å². The Balaban J connectivity index is 2.02. The standard InChI is InChI=1S/C15H21BrN2O/c1-11(12-6-5-7-13(16)10-12)18-14(19)15(2)8-3-4-9-17-15/h5-7,10-11,17H,3-4,8-9H2,1-2H3,(H,18,19)/t11-,15?/m1/s1. The summed E-state index contributed by atoms with van der Waals surface area (Å²) in [7, 11) is 0. The summed E-state index contributed by atoms with van der Waals surface area (Å²) < 4.78 is 1.04. The Morgan fingerprint density at radius 1 is 1.47 bits per heavy atom. The normalized spacial score (nSPS) is 24.8. The zero-order valence-electron chi connectivity index (χ0n) is 11.5. The molecule has 0 saturated carbocycles. The molecule has 0 aliphatic carbocycles. The van der Waals surface area contributed by atoms with E-state index in [-0.39, 0.29) is 11.9 Å². The van der Waals surface area contributed by atoms with Crippen molar-refractivity contribution in [1.82, 2.24) is 10.6 Å². The molecule has 1 saturated heterocycles. The lowest BCUT2D eigenvalue weighted by Gasteiger charge is -2.34. The van der Waals surface area contributed by atoms with Gasteiger partial charge in [0.1, 0.15) is 0 Å². The van der Waals surface area contributed by atoms with Gasteiger partial charge in [-0.3, -0.25) is 4.79 Å². The molecule has 0 radical (unpaired) electrons. The highest BCUT2D eigenvalue weighted by Gasteiger charge is 2.34. The van der Waals surface area contributed by atoms with E-state index in [1.54, 1.807) is 0 Å². The smallest absolute Gasteiger partial charge is 0.240 e. The van der Waals surface area contributed by atoms with Crippen molar-refractivity contribution < 1.29 is 4.79 Å². The van der Waals surface area contributed by atoms with E-state index in [0.717, 1.165) is 35.8 Å². The minimum Gasteiger partial charge on any atom is -0.348 e. The summed E-state index contributed by atoms with van der Waals surface area (Å²) in [6.45, 7) is 4.94. The van der Waals surface area contributed by atoms with Gasteiger partial charge in [0.2, 0.25) is 5.91 Å². The molecule has 1 aliphatic heterocycles. The highest BCUT2D eigenvalue weighted by atomic mass is 79.9. The fourth-order valence-electron chi connectivity index (χ4n) is 2.47. The van der Waals surface area contributed by atoms with Crippen LogP contribution in [0.4, 0.5) is 0 Å². The molecule has 1 aliphatic rings. The van der Waals surface area contributed by atoms with Gasteiger partial charge in [0, 0.05) is 4.47 Å². The number of rotatable bonds is 3. The average molecular weight is 325 g/mol. The van der Waals surface area contributed by atoms with E-state index < -0.39 is 5.54 Å². The minimum atomic E-state index is -0.418. The Labute approximate surface area is 123 Å². The number of halogens is 1. The summed E-state index contributed by atoms with van der Waals surface area (Å²) in [5.74, 6) is 0.0969. The number of amides is 1. The molecule has 19 heavy (non-hydrogen) atoms. The van der Waals surface area contributed by atoms with Gasteiger partial charge in [-0.1, -0.05) is 28.1 Å². The molecule has 1 fully saturated rings. The maximum atomic E-state index is 12.4. The zero-order chi connectivity index (χ0) is 13.9. The van der Waals surface area contributed by atoms with Crippen molar-refractivity contribution in [1.29, 1.82) is 0 Å². The van der Waals surface area contributed by atoms with E-state index >= 15 is 0 Å². The molecule has 0 bridgehead atoms. The van der Waals surface area contributed by atoms with Crippen molar-refractivity contribution in [3.8, 4) is 0 Å². The van der Waals surface area contributed by atoms with Crippen LogP contribution in [0.1, 0.15) is 44.7 Å². The van der Waals surface area contributed by atoms with Gasteiger partial charge in [-0.25, -0.2) is 0 Å². The summed E-state index contributed by atoms with van der Waals surface area (Å²) in [5.41, 5.74) is 0.695. The Bertz CT molecular complexity index is 455. The van der Waals surface area contributed by atoms with E-state index in [4.69, 9.17) is 0 Å². The molecule has 1 unspecified atom stereocenters. The Kier molecular flexibility index (Phi) is 4.63. The summed E-state index contributed by atoms with van der Waals surface area (Å²) in [5, 5.41) is 6.45. The van der Waals surface area contributed by atoms with Gasteiger partial charge in [0.15, 0.2) is 0 Å². The van der Waals surface area contributed by atoms with Crippen molar-refractivity contribution in [2.75, 3.05) is 6.54 Å². The second-order valence-corrected chi connectivity index (χ2v) is 6.38. The first-order valence-corrected chi connectivity index (χ1v) is 7.62. The van der Waals surface area contributed by atoms with Gasteiger partial charge in [0.05, 0.1) is 11.6 Å². The molecule has 3 nitrogen and oxygen atoms in total. The van der Waals surface area contributed by atoms with Crippen LogP contribution < -0.4 is 10.6 Å². The van der Waals surface area contributed by atoms with Crippen LogP contribution in [0.25, 0.3) is 0 Å². The molecule has 1 aromatic rings. The second kappa shape index (κ2) is 6.06. The summed E-state index contributed by atoms with van der Waals surface area (Å²) >= 11 is 3.46. The van der Waals surface area contributed by atoms with Crippen molar-refractivity contribution in [2.24, 2.45) is 0 Å². The molecule has 0 spiro atoms. The number of nitrogens with one attached hydrogen (secondary N) is 2. The first kappa shape index (κ1) is 14.5. The van der Waals surface area contributed by atoms with E-state index in [1.807, 2.05) is 38.1 Å². The molecule has 4 heteroatoms. The third-order valence-electron chi connectivity index (χ3n) is 3.82. The lowest BCUT2D eigenvalue weighted by atomic mass is 9.89. The zero-order valence-corrected chi connectivity index (χ0v) is 13.1. The van der Waals surface area contributed by atoms with Crippen LogP contribution in [-0.2, 0) is 4.79 Å². The molecule has 2 atom stereocenters. The van der Waals surface area contributed by atoms with Crippen LogP contribution in [0.15, 0.2) is 28.7 Å². The van der Waals surface area contributed by atoms with Crippen LogP contribution in [0.3, 0.4) is 0 Å². The fourth-order valence-corrected chi connectivity index (χ4v) is 2.88. The number of hydrogen-bond acceptors (Lipinski definition) is 2. The number of carbonyl (C=O) groups is 1. The molecular weight excluding hydrogens is 304 g/mol. The number of piperidine rings is 1. The van der Waals surface area contributed by atoms with E-state index in [2.05, 4.69) is 26.6 Å². The molecule has 1 aromatic carbocycles. The summed E-state index contributed by atoms with van der Waals surface area (Å²) in [6, 6.07) is 8.07. The fraction of sp³-hybridized carbons (Fsp3) is 0.533. The first-order valence-electron chi connectivity index (χ1n) is 6.83. The lowest BCUT2D eigenvalue weighted by molar-refractivity contribution is -0.128. The predicted octanol–water partition coefficient (Wildman–Crippen LogP) is 3.16. The van der Waals surface area contributed by atoms with Gasteiger partial charge >= 0.3 is 0 Å². The first-order chi connectivity index (χ1) is 9.01. The molecule has 104 valence electrons. The molecular formula is C15H21BrN2O. The predicted molar refractivity (Wildman–Crippen MR) is 81.0 cm³/mol. The summed E-state index contributed by atoms with van der Waals surface area (Å²) in [6.07, 6.45) is 3.18. The maximum absolute atomic E-state index is 12.4. The van der Waals surface area contributed by atoms with E-state index in [9.17, 15) is 4.79 Å². The third-order valence-corrected chi connectivity index (χ3v) is 4.31. The Morgan fingerprint density at radius 2 is 2.26 bits per heavy atom. The Hall–Kier alpha value is -0.870. The van der Waals surface area contributed by atoms with Gasteiger partial charge < -0.3 is 10.6 Å². The molecule has 1 amide bonds. The van der Waals surface area contributed by atoms with Crippen LogP contribution in [0, 0.1) is 0 Å². The van der Waals surface area contributed by atoms with Crippen LogP contribution in [-0.4, -0.2) is 18.0 Å². The maximum Gasteiger partial charge on any atom is 0.240 e. The van der Waals surface area contributed by atoms with Crippen LogP contribution >= 0.6 is 15.9 Å². The average Bonchev–Trinajstić information content (AvgIpc) is 2.39. The SMILES string of the molecule is C[C@@H](NC(=O)C1(C)CCCCN1)c1cccc(Br)c1. The van der Waals surface area contributed by atoms with E-state index in [0.29, 0.717) is 0 Å². The minimum absolute atomic E-state index is 0.0190. The molecule has 2 rings (SSSR count). The largest absolute Gasteiger partial charge is 0.348 e. The number of carbonyl (C=O) groups excluding carboxylic acids is 1. The van der Waals surface area contributed by atoms with Crippen molar-refractivity contribution in [3.63, 3.8) is 0 Å². The van der Waals surface area contributed by atoms with Gasteiger partial charge in [-0.15, -0.1) is 0 Å². The van der Waals surface area contributed by atoms with Crippen molar-refractivity contribution in [2.45, 2.75) is 44.7 Å². The van der Waals surface area contributed by atoms with Crippen LogP contribution in [0.5, 0.6) is 0 Å². The molecule has 2 N–H and O–H groups in total. The lowest BCUT2D eigenvalue weighted by Crippen LogP contribution is -2.57. The van der Waals surface area contributed by atoms with Gasteiger partial charge in [-0.05, 0) is 57.4 Å². The highest BCUT2D eigenvalue weighted by Crippen LogP contribution is 2.22. The quantitative estimate of drug-likeness (QED) is 0.896. The topological polar surface area (TPSA) is 41.1 Å². The highest BCUT2D eigenvalue weighted by molar-refractivity contribution is 9.10. The van der Waals surface area contributed by atoms with Gasteiger partial charge in [-0.2, -0.15) is 0 Å². The molecule has 1 heterocycles. The second-order valence-electron chi connectivity index (χ2n) is 5.47. The Morgan fingerprint density at radius 3 is 2.89 bits per heavy atom. The van der Waals surface area contributed by atoms with Crippen LogP contribution in [0.2, 0.25) is 0 Å². The molecule has 0 aromatic heterocycles. The van der Waals surface area contributed by atoms with Crippen molar-refractivity contribution >= 4 is 21.8 Å². The van der Waals surface area contributed by atoms with Gasteiger partial charge in [0.25, 0.3) is 0 Å². The number of hydrogen-bond donors (Lipinski definition) is 2. The summed E-state index contributed by atoms with van der Waals surface area (Å²) in [4.78, 5) is 12.4. The number of benzene rings is 1. The van der Waals surface area contributed by atoms with E-state index in [1.165, 1.54) is 0 Å². The monoisotopic (exact) mass is 324 g/mol. The third kappa shape index (κ3) is 3.57.